The average Bonchev–Trinajstić information content (AvgIpc) is 2.13. The van der Waals surface area contributed by atoms with E-state index >= 15 is 0 Å². The summed E-state index contributed by atoms with van der Waals surface area (Å²) in [4.78, 5) is 0. The van der Waals surface area contributed by atoms with Gasteiger partial charge in [0.05, 0.1) is 0 Å². The minimum Gasteiger partial charge on any atom is -0.349 e. The van der Waals surface area contributed by atoms with Crippen molar-refractivity contribution in [3.8, 4) is 0 Å². The zero-order valence-electron chi connectivity index (χ0n) is 8.46. The summed E-state index contributed by atoms with van der Waals surface area (Å²) >= 11 is 5.54. The van der Waals surface area contributed by atoms with Gasteiger partial charge in [0.15, 0.2) is 6.29 Å². The molecule has 0 aliphatic rings. The standard InChI is InChI=1S/C10H19ClO2/c1-3-12-10(13-4-2)8-6-5-7-9-11/h6,8,10H,3-5,7,9H2,1-2H3/b8-6-. The largest absolute Gasteiger partial charge is 0.349 e. The number of rotatable bonds is 8. The van der Waals surface area contributed by atoms with E-state index in [-0.39, 0.29) is 6.29 Å². The zero-order chi connectivity index (χ0) is 9.94. The van der Waals surface area contributed by atoms with Crippen LogP contribution in [-0.2, 0) is 9.47 Å². The van der Waals surface area contributed by atoms with Crippen LogP contribution in [0.3, 0.4) is 0 Å². The zero-order valence-corrected chi connectivity index (χ0v) is 9.22. The summed E-state index contributed by atoms with van der Waals surface area (Å²) in [5.41, 5.74) is 0. The van der Waals surface area contributed by atoms with Crippen molar-refractivity contribution in [3.05, 3.63) is 12.2 Å². The molecule has 0 bridgehead atoms. The normalized spacial score (nSPS) is 11.7. The molecule has 0 aliphatic carbocycles. The molecule has 0 saturated heterocycles. The first kappa shape index (κ1) is 12.9. The second-order valence-electron chi connectivity index (χ2n) is 2.54. The molecule has 0 radical (unpaired) electrons. The average molecular weight is 207 g/mol. The Hall–Kier alpha value is -0.0500. The lowest BCUT2D eigenvalue weighted by atomic mass is 10.3. The van der Waals surface area contributed by atoms with Crippen molar-refractivity contribution >= 4 is 11.6 Å². The van der Waals surface area contributed by atoms with Gasteiger partial charge in [-0.2, -0.15) is 0 Å². The fourth-order valence-electron chi connectivity index (χ4n) is 0.890. The quantitative estimate of drug-likeness (QED) is 0.263. The molecular formula is C10H19ClO2. The first-order valence-electron chi connectivity index (χ1n) is 4.81. The number of ether oxygens (including phenoxy) is 2. The predicted octanol–water partition coefficient (Wildman–Crippen LogP) is 2.96. The summed E-state index contributed by atoms with van der Waals surface area (Å²) in [7, 11) is 0. The monoisotopic (exact) mass is 206 g/mol. The highest BCUT2D eigenvalue weighted by atomic mass is 35.5. The number of unbranched alkanes of at least 4 members (excludes halogenated alkanes) is 1. The summed E-state index contributed by atoms with van der Waals surface area (Å²) < 4.78 is 10.6. The first-order valence-corrected chi connectivity index (χ1v) is 5.34. The van der Waals surface area contributed by atoms with E-state index in [4.69, 9.17) is 21.1 Å². The van der Waals surface area contributed by atoms with Gasteiger partial charge in [-0.1, -0.05) is 6.08 Å². The van der Waals surface area contributed by atoms with Crippen LogP contribution >= 0.6 is 11.6 Å². The second-order valence-corrected chi connectivity index (χ2v) is 2.92. The van der Waals surface area contributed by atoms with Crippen LogP contribution in [-0.4, -0.2) is 25.4 Å². The highest BCUT2D eigenvalue weighted by Crippen LogP contribution is 2.00. The lowest BCUT2D eigenvalue weighted by Crippen LogP contribution is -2.14. The van der Waals surface area contributed by atoms with Gasteiger partial charge in [-0.3, -0.25) is 0 Å². The Morgan fingerprint density at radius 3 is 2.31 bits per heavy atom. The summed E-state index contributed by atoms with van der Waals surface area (Å²) in [6, 6.07) is 0. The second kappa shape index (κ2) is 10.0. The molecule has 0 saturated carbocycles. The van der Waals surface area contributed by atoms with E-state index < -0.39 is 0 Å². The molecule has 0 amide bonds. The van der Waals surface area contributed by atoms with E-state index in [0.29, 0.717) is 19.1 Å². The lowest BCUT2D eigenvalue weighted by Gasteiger charge is -2.12. The molecule has 0 atom stereocenters. The fourth-order valence-corrected chi connectivity index (χ4v) is 1.04. The van der Waals surface area contributed by atoms with E-state index in [0.717, 1.165) is 12.8 Å². The number of alkyl halides is 1. The minimum atomic E-state index is -0.190. The molecule has 0 fully saturated rings. The van der Waals surface area contributed by atoms with Crippen molar-refractivity contribution in [3.63, 3.8) is 0 Å². The molecule has 3 heteroatoms. The van der Waals surface area contributed by atoms with Crippen molar-refractivity contribution in [1.82, 2.24) is 0 Å². The van der Waals surface area contributed by atoms with Gasteiger partial charge >= 0.3 is 0 Å². The molecule has 0 aromatic carbocycles. The van der Waals surface area contributed by atoms with E-state index in [1.54, 1.807) is 0 Å². The number of hydrogen-bond donors (Lipinski definition) is 0. The molecular weight excluding hydrogens is 188 g/mol. The molecule has 0 heterocycles. The van der Waals surface area contributed by atoms with Crippen LogP contribution in [0.1, 0.15) is 26.7 Å². The Kier molecular flexibility index (Phi) is 10.00. The molecule has 0 aromatic heterocycles. The summed E-state index contributed by atoms with van der Waals surface area (Å²) in [5.74, 6) is 0.707. The SMILES string of the molecule is CCOC(/C=C\CCCCl)OCC. The maximum absolute atomic E-state index is 5.54. The van der Waals surface area contributed by atoms with Crippen molar-refractivity contribution < 1.29 is 9.47 Å². The van der Waals surface area contributed by atoms with E-state index in [1.807, 2.05) is 19.9 Å². The van der Waals surface area contributed by atoms with Crippen LogP contribution in [0.5, 0.6) is 0 Å². The van der Waals surface area contributed by atoms with Gasteiger partial charge in [0, 0.05) is 19.1 Å². The third kappa shape index (κ3) is 8.28. The predicted molar refractivity (Wildman–Crippen MR) is 56.1 cm³/mol. The highest BCUT2D eigenvalue weighted by molar-refractivity contribution is 6.17. The maximum Gasteiger partial charge on any atom is 0.176 e. The van der Waals surface area contributed by atoms with Gasteiger partial charge in [0.1, 0.15) is 0 Å². The van der Waals surface area contributed by atoms with Gasteiger partial charge in [0.2, 0.25) is 0 Å². The molecule has 78 valence electrons. The van der Waals surface area contributed by atoms with Crippen LogP contribution in [0.15, 0.2) is 12.2 Å². The van der Waals surface area contributed by atoms with Crippen LogP contribution < -0.4 is 0 Å². The Morgan fingerprint density at radius 1 is 1.23 bits per heavy atom. The van der Waals surface area contributed by atoms with Crippen molar-refractivity contribution in [2.45, 2.75) is 33.0 Å². The molecule has 0 N–H and O–H groups in total. The third-order valence-electron chi connectivity index (χ3n) is 1.46. The van der Waals surface area contributed by atoms with E-state index in [9.17, 15) is 0 Å². The van der Waals surface area contributed by atoms with Crippen LogP contribution in [0.4, 0.5) is 0 Å². The smallest absolute Gasteiger partial charge is 0.176 e. The Labute approximate surface area is 85.9 Å². The summed E-state index contributed by atoms with van der Waals surface area (Å²) in [6.45, 7) is 5.26. The molecule has 0 spiro atoms. The molecule has 13 heavy (non-hydrogen) atoms. The first-order chi connectivity index (χ1) is 6.35. The van der Waals surface area contributed by atoms with Crippen LogP contribution in [0, 0.1) is 0 Å². The molecule has 0 aromatic rings. The molecule has 0 rings (SSSR count). The van der Waals surface area contributed by atoms with Crippen LogP contribution in [0.2, 0.25) is 0 Å². The Morgan fingerprint density at radius 2 is 1.85 bits per heavy atom. The van der Waals surface area contributed by atoms with Gasteiger partial charge in [-0.05, 0) is 32.8 Å². The fraction of sp³-hybridized carbons (Fsp3) is 0.800. The summed E-state index contributed by atoms with van der Waals surface area (Å²) in [6.07, 6.45) is 5.80. The maximum atomic E-state index is 5.54. The molecule has 0 unspecified atom stereocenters. The number of halogens is 1. The lowest BCUT2D eigenvalue weighted by molar-refractivity contribution is -0.104. The van der Waals surface area contributed by atoms with Crippen molar-refractivity contribution in [1.29, 1.82) is 0 Å². The van der Waals surface area contributed by atoms with Gasteiger partial charge < -0.3 is 9.47 Å². The summed E-state index contributed by atoms with van der Waals surface area (Å²) in [5, 5.41) is 0. The Bertz CT molecular complexity index is 120. The van der Waals surface area contributed by atoms with E-state index in [2.05, 4.69) is 6.08 Å². The van der Waals surface area contributed by atoms with Crippen molar-refractivity contribution in [2.24, 2.45) is 0 Å². The van der Waals surface area contributed by atoms with Gasteiger partial charge in [-0.15, -0.1) is 11.6 Å². The van der Waals surface area contributed by atoms with Crippen molar-refractivity contribution in [2.75, 3.05) is 19.1 Å². The van der Waals surface area contributed by atoms with Gasteiger partial charge in [-0.25, -0.2) is 0 Å². The van der Waals surface area contributed by atoms with Gasteiger partial charge in [0.25, 0.3) is 0 Å². The Balaban J connectivity index is 3.58. The van der Waals surface area contributed by atoms with Crippen LogP contribution in [0.25, 0.3) is 0 Å². The number of hydrogen-bond acceptors (Lipinski definition) is 2. The third-order valence-corrected chi connectivity index (χ3v) is 1.73. The minimum absolute atomic E-state index is 0.190. The highest BCUT2D eigenvalue weighted by Gasteiger charge is 2.00. The van der Waals surface area contributed by atoms with E-state index in [1.165, 1.54) is 0 Å². The number of allylic oxidation sites excluding steroid dienone is 1. The topological polar surface area (TPSA) is 18.5 Å². The molecule has 2 nitrogen and oxygen atoms in total. The molecule has 0 aliphatic heterocycles.